The molecule has 0 heteroatoms. The molecule has 0 aliphatic heterocycles. The van der Waals surface area contributed by atoms with Crippen molar-refractivity contribution in [2.24, 2.45) is 23.2 Å². The zero-order valence-electron chi connectivity index (χ0n) is 9.06. The molecule has 3 rings (SSSR count). The summed E-state index contributed by atoms with van der Waals surface area (Å²) in [6, 6.07) is 0. The number of hydrogen-bond donors (Lipinski definition) is 0. The van der Waals surface area contributed by atoms with Crippen molar-refractivity contribution in [3.8, 4) is 0 Å². The van der Waals surface area contributed by atoms with Gasteiger partial charge in [0.2, 0.25) is 0 Å². The van der Waals surface area contributed by atoms with Crippen molar-refractivity contribution < 1.29 is 0 Å². The lowest BCUT2D eigenvalue weighted by Gasteiger charge is -2.25. The van der Waals surface area contributed by atoms with Gasteiger partial charge in [-0.3, -0.25) is 0 Å². The molecule has 0 spiro atoms. The first-order valence-corrected chi connectivity index (χ1v) is 5.86. The lowest BCUT2D eigenvalue weighted by Crippen LogP contribution is -2.19. The highest BCUT2D eigenvalue weighted by atomic mass is 14.6. The van der Waals surface area contributed by atoms with Gasteiger partial charge in [0.05, 0.1) is 0 Å². The molecular formula is C13H20. The van der Waals surface area contributed by atoms with Crippen LogP contribution in [0.1, 0.15) is 46.5 Å². The fourth-order valence-electron chi connectivity index (χ4n) is 4.47. The smallest absolute Gasteiger partial charge is 0.0108 e. The van der Waals surface area contributed by atoms with E-state index in [2.05, 4.69) is 20.8 Å². The first-order chi connectivity index (χ1) is 6.12. The van der Waals surface area contributed by atoms with Gasteiger partial charge in [0.1, 0.15) is 0 Å². The Hall–Kier alpha value is -0.260. The fraction of sp³-hybridized carbons (Fsp3) is 0.846. The molecule has 2 fully saturated rings. The molecule has 0 aromatic heterocycles. The number of allylic oxidation sites excluding steroid dienone is 2. The lowest BCUT2D eigenvalue weighted by atomic mass is 9.78. The normalized spacial score (nSPS) is 45.9. The molecule has 0 aromatic carbocycles. The molecular weight excluding hydrogens is 156 g/mol. The van der Waals surface area contributed by atoms with Crippen molar-refractivity contribution in [2.45, 2.75) is 46.5 Å². The molecule has 0 heterocycles. The van der Waals surface area contributed by atoms with Gasteiger partial charge in [0.15, 0.2) is 0 Å². The summed E-state index contributed by atoms with van der Waals surface area (Å²) in [6.07, 6.45) is 5.88. The van der Waals surface area contributed by atoms with Crippen molar-refractivity contribution in [3.05, 3.63) is 11.1 Å². The van der Waals surface area contributed by atoms with Crippen molar-refractivity contribution in [3.63, 3.8) is 0 Å². The second-order valence-electron chi connectivity index (χ2n) is 5.89. The van der Waals surface area contributed by atoms with E-state index in [-0.39, 0.29) is 0 Å². The average molecular weight is 176 g/mol. The Morgan fingerprint density at radius 1 is 1.15 bits per heavy atom. The average Bonchev–Trinajstić information content (AvgIpc) is 2.63. The van der Waals surface area contributed by atoms with Crippen molar-refractivity contribution in [2.75, 3.05) is 0 Å². The summed E-state index contributed by atoms with van der Waals surface area (Å²) in [6.45, 7) is 7.41. The largest absolute Gasteiger partial charge is 0.0645 e. The lowest BCUT2D eigenvalue weighted by molar-refractivity contribution is 0.260. The summed E-state index contributed by atoms with van der Waals surface area (Å²) >= 11 is 0. The Morgan fingerprint density at radius 2 is 1.92 bits per heavy atom. The van der Waals surface area contributed by atoms with Crippen molar-refractivity contribution >= 4 is 0 Å². The first kappa shape index (κ1) is 8.08. The van der Waals surface area contributed by atoms with Crippen LogP contribution in [0.4, 0.5) is 0 Å². The fourth-order valence-corrected chi connectivity index (χ4v) is 4.47. The van der Waals surface area contributed by atoms with E-state index in [1.165, 1.54) is 25.7 Å². The van der Waals surface area contributed by atoms with E-state index in [0.29, 0.717) is 5.41 Å². The van der Waals surface area contributed by atoms with E-state index in [4.69, 9.17) is 0 Å². The first-order valence-electron chi connectivity index (χ1n) is 5.86. The van der Waals surface area contributed by atoms with Gasteiger partial charge in [-0.2, -0.15) is 0 Å². The van der Waals surface area contributed by atoms with E-state index < -0.39 is 0 Å². The van der Waals surface area contributed by atoms with Gasteiger partial charge >= 0.3 is 0 Å². The summed E-state index contributed by atoms with van der Waals surface area (Å²) in [7, 11) is 0. The molecule has 0 amide bonds. The van der Waals surface area contributed by atoms with Crippen LogP contribution in [0.25, 0.3) is 0 Å². The summed E-state index contributed by atoms with van der Waals surface area (Å²) in [5, 5.41) is 0. The summed E-state index contributed by atoms with van der Waals surface area (Å²) in [4.78, 5) is 0. The molecule has 72 valence electrons. The zero-order chi connectivity index (χ0) is 9.22. The third-order valence-electron chi connectivity index (χ3n) is 5.09. The Morgan fingerprint density at radius 3 is 2.62 bits per heavy atom. The second-order valence-corrected chi connectivity index (χ2v) is 5.89. The van der Waals surface area contributed by atoms with Gasteiger partial charge in [-0.05, 0) is 48.9 Å². The third kappa shape index (κ3) is 0.782. The topological polar surface area (TPSA) is 0 Å². The minimum absolute atomic E-state index is 0.578. The molecule has 0 nitrogen and oxygen atoms in total. The van der Waals surface area contributed by atoms with Crippen LogP contribution in [0, 0.1) is 23.2 Å². The quantitative estimate of drug-likeness (QED) is 0.493. The molecule has 2 bridgehead atoms. The monoisotopic (exact) mass is 176 g/mol. The van der Waals surface area contributed by atoms with Crippen LogP contribution in [0.3, 0.4) is 0 Å². The summed E-state index contributed by atoms with van der Waals surface area (Å²) in [5.74, 6) is 2.95. The third-order valence-corrected chi connectivity index (χ3v) is 5.09. The SMILES string of the molecule is CC1CCC2C1=C1CCC2C1(C)C. The highest BCUT2D eigenvalue weighted by molar-refractivity contribution is 5.39. The van der Waals surface area contributed by atoms with Gasteiger partial charge in [-0.25, -0.2) is 0 Å². The predicted molar refractivity (Wildman–Crippen MR) is 55.4 cm³/mol. The Kier molecular flexibility index (Phi) is 1.38. The number of hydrogen-bond acceptors (Lipinski definition) is 0. The van der Waals surface area contributed by atoms with E-state index in [0.717, 1.165) is 17.8 Å². The molecule has 3 aliphatic rings. The van der Waals surface area contributed by atoms with E-state index in [9.17, 15) is 0 Å². The van der Waals surface area contributed by atoms with E-state index in [1.54, 1.807) is 0 Å². The van der Waals surface area contributed by atoms with E-state index in [1.807, 2.05) is 11.1 Å². The Labute approximate surface area is 81.4 Å². The van der Waals surface area contributed by atoms with Crippen LogP contribution in [-0.2, 0) is 0 Å². The molecule has 3 atom stereocenters. The zero-order valence-corrected chi connectivity index (χ0v) is 9.06. The van der Waals surface area contributed by atoms with Crippen molar-refractivity contribution in [1.29, 1.82) is 0 Å². The van der Waals surface area contributed by atoms with Crippen LogP contribution >= 0.6 is 0 Å². The molecule has 0 aromatic rings. The maximum atomic E-state index is 2.48. The van der Waals surface area contributed by atoms with Gasteiger partial charge in [0.25, 0.3) is 0 Å². The molecule has 0 N–H and O–H groups in total. The van der Waals surface area contributed by atoms with Gasteiger partial charge < -0.3 is 0 Å². The molecule has 13 heavy (non-hydrogen) atoms. The maximum Gasteiger partial charge on any atom is -0.0108 e. The molecule has 0 radical (unpaired) electrons. The van der Waals surface area contributed by atoms with Gasteiger partial charge in [0, 0.05) is 0 Å². The second kappa shape index (κ2) is 2.21. The van der Waals surface area contributed by atoms with Gasteiger partial charge in [-0.15, -0.1) is 0 Å². The number of fused-ring (bicyclic) bond motifs is 4. The minimum Gasteiger partial charge on any atom is -0.0645 e. The summed E-state index contributed by atoms with van der Waals surface area (Å²) < 4.78 is 0. The van der Waals surface area contributed by atoms with Crippen molar-refractivity contribution in [1.82, 2.24) is 0 Å². The highest BCUT2D eigenvalue weighted by Gasteiger charge is 2.54. The standard InChI is InChI=1S/C13H20/c1-8-4-5-9-10-6-7-11(12(8)9)13(10,2)3/h8-10H,4-7H2,1-3H3. The summed E-state index contributed by atoms with van der Waals surface area (Å²) in [5.41, 5.74) is 4.35. The minimum atomic E-state index is 0.578. The van der Waals surface area contributed by atoms with Crippen LogP contribution in [-0.4, -0.2) is 0 Å². The molecule has 0 saturated heterocycles. The Bertz CT molecular complexity index is 282. The van der Waals surface area contributed by atoms with Gasteiger partial charge in [-0.1, -0.05) is 31.9 Å². The van der Waals surface area contributed by atoms with E-state index >= 15 is 0 Å². The van der Waals surface area contributed by atoms with Crippen LogP contribution in [0.15, 0.2) is 11.1 Å². The Balaban J connectivity index is 2.14. The van der Waals surface area contributed by atoms with Crippen LogP contribution in [0.5, 0.6) is 0 Å². The molecule has 3 unspecified atom stereocenters. The molecule has 2 saturated carbocycles. The van der Waals surface area contributed by atoms with Crippen LogP contribution < -0.4 is 0 Å². The van der Waals surface area contributed by atoms with Crippen LogP contribution in [0.2, 0.25) is 0 Å². The number of rotatable bonds is 0. The predicted octanol–water partition coefficient (Wildman–Crippen LogP) is 3.78. The highest BCUT2D eigenvalue weighted by Crippen LogP contribution is 2.64. The maximum absolute atomic E-state index is 2.48. The molecule has 3 aliphatic carbocycles.